The van der Waals surface area contributed by atoms with Crippen LogP contribution in [0.15, 0.2) is 0 Å². The second kappa shape index (κ2) is 5.25. The Morgan fingerprint density at radius 1 is 1.33 bits per heavy atom. The summed E-state index contributed by atoms with van der Waals surface area (Å²) in [7, 11) is 2.24. The average molecular weight is 212 g/mol. The zero-order valence-electron chi connectivity index (χ0n) is 9.78. The van der Waals surface area contributed by atoms with Crippen LogP contribution in [0.2, 0.25) is 0 Å². The highest BCUT2D eigenvalue weighted by atomic mass is 15.3. The van der Waals surface area contributed by atoms with E-state index in [0.717, 1.165) is 32.7 Å². The van der Waals surface area contributed by atoms with Crippen LogP contribution in [0.5, 0.6) is 0 Å². The lowest BCUT2D eigenvalue weighted by atomic mass is 10.0. The molecule has 15 heavy (non-hydrogen) atoms. The summed E-state index contributed by atoms with van der Waals surface area (Å²) >= 11 is 0. The van der Waals surface area contributed by atoms with Gasteiger partial charge < -0.3 is 16.0 Å². The maximum atomic E-state index is 5.96. The summed E-state index contributed by atoms with van der Waals surface area (Å²) in [6.45, 7) is 6.60. The molecular formula is C11H24N4. The van der Waals surface area contributed by atoms with Crippen molar-refractivity contribution in [3.63, 3.8) is 0 Å². The van der Waals surface area contributed by atoms with E-state index in [1.54, 1.807) is 0 Å². The summed E-state index contributed by atoms with van der Waals surface area (Å²) in [6, 6.07) is 1.26. The highest BCUT2D eigenvalue weighted by Gasteiger charge is 2.32. The van der Waals surface area contributed by atoms with Crippen LogP contribution in [-0.4, -0.2) is 68.2 Å². The summed E-state index contributed by atoms with van der Waals surface area (Å²) in [5.74, 6) is 0. The lowest BCUT2D eigenvalue weighted by molar-refractivity contribution is 0.108. The monoisotopic (exact) mass is 212 g/mol. The Labute approximate surface area is 92.8 Å². The van der Waals surface area contributed by atoms with Gasteiger partial charge in [0.2, 0.25) is 0 Å². The molecule has 0 radical (unpaired) electrons. The van der Waals surface area contributed by atoms with Crippen LogP contribution in [0.4, 0.5) is 0 Å². The SMILES string of the molecule is CN1CCCC1C(CN)N1CCNCC1. The molecule has 2 fully saturated rings. The minimum absolute atomic E-state index is 0.569. The van der Waals surface area contributed by atoms with Crippen LogP contribution < -0.4 is 11.1 Å². The summed E-state index contributed by atoms with van der Waals surface area (Å²) in [5.41, 5.74) is 5.96. The van der Waals surface area contributed by atoms with Crippen LogP contribution in [0.25, 0.3) is 0 Å². The minimum atomic E-state index is 0.569. The van der Waals surface area contributed by atoms with E-state index in [0.29, 0.717) is 12.1 Å². The number of likely N-dealkylation sites (N-methyl/N-ethyl adjacent to an activating group) is 1. The van der Waals surface area contributed by atoms with Gasteiger partial charge in [0.15, 0.2) is 0 Å². The van der Waals surface area contributed by atoms with E-state index in [1.165, 1.54) is 19.4 Å². The Balaban J connectivity index is 1.95. The van der Waals surface area contributed by atoms with Crippen LogP contribution in [0.1, 0.15) is 12.8 Å². The van der Waals surface area contributed by atoms with Crippen molar-refractivity contribution in [2.75, 3.05) is 46.3 Å². The summed E-state index contributed by atoms with van der Waals surface area (Å²) in [5, 5.41) is 3.40. The number of nitrogens with one attached hydrogen (secondary N) is 1. The summed E-state index contributed by atoms with van der Waals surface area (Å²) in [4.78, 5) is 5.06. The molecule has 3 N–H and O–H groups in total. The normalized spacial score (nSPS) is 32.0. The molecule has 0 saturated carbocycles. The number of nitrogens with two attached hydrogens (primary N) is 1. The van der Waals surface area contributed by atoms with E-state index in [1.807, 2.05) is 0 Å². The van der Waals surface area contributed by atoms with Gasteiger partial charge in [0.25, 0.3) is 0 Å². The molecule has 4 heteroatoms. The average Bonchev–Trinajstić information content (AvgIpc) is 2.68. The fraction of sp³-hybridized carbons (Fsp3) is 1.00. The minimum Gasteiger partial charge on any atom is -0.329 e. The molecule has 0 aliphatic carbocycles. The zero-order chi connectivity index (χ0) is 10.7. The van der Waals surface area contributed by atoms with Gasteiger partial charge in [0.1, 0.15) is 0 Å². The molecular weight excluding hydrogens is 188 g/mol. The van der Waals surface area contributed by atoms with E-state index in [4.69, 9.17) is 5.73 Å². The van der Waals surface area contributed by atoms with Crippen LogP contribution in [0.3, 0.4) is 0 Å². The lowest BCUT2D eigenvalue weighted by Gasteiger charge is -2.39. The first kappa shape index (κ1) is 11.3. The third-order valence-corrected chi connectivity index (χ3v) is 3.88. The van der Waals surface area contributed by atoms with Gasteiger partial charge in [-0.1, -0.05) is 0 Å². The molecule has 0 aromatic carbocycles. The van der Waals surface area contributed by atoms with Crippen molar-refractivity contribution < 1.29 is 0 Å². The smallest absolute Gasteiger partial charge is 0.0375 e. The second-order valence-electron chi connectivity index (χ2n) is 4.78. The Hall–Kier alpha value is -0.160. The van der Waals surface area contributed by atoms with Gasteiger partial charge in [-0.05, 0) is 26.4 Å². The predicted octanol–water partition coefficient (Wildman–Crippen LogP) is -0.687. The molecule has 2 heterocycles. The van der Waals surface area contributed by atoms with Gasteiger partial charge in [-0.2, -0.15) is 0 Å². The first-order valence-corrected chi connectivity index (χ1v) is 6.18. The van der Waals surface area contributed by atoms with Gasteiger partial charge in [-0.15, -0.1) is 0 Å². The lowest BCUT2D eigenvalue weighted by Crippen LogP contribution is -2.57. The molecule has 2 rings (SSSR count). The van der Waals surface area contributed by atoms with Crippen molar-refractivity contribution in [3.8, 4) is 0 Å². The molecule has 0 bridgehead atoms. The maximum absolute atomic E-state index is 5.96. The topological polar surface area (TPSA) is 44.5 Å². The van der Waals surface area contributed by atoms with Gasteiger partial charge in [0.05, 0.1) is 0 Å². The number of hydrogen-bond donors (Lipinski definition) is 2. The van der Waals surface area contributed by atoms with Crippen molar-refractivity contribution in [2.24, 2.45) is 5.73 Å². The number of piperazine rings is 1. The fourth-order valence-corrected chi connectivity index (χ4v) is 2.99. The summed E-state index contributed by atoms with van der Waals surface area (Å²) in [6.07, 6.45) is 2.66. The Kier molecular flexibility index (Phi) is 3.97. The number of rotatable bonds is 3. The van der Waals surface area contributed by atoms with Gasteiger partial charge in [0, 0.05) is 44.8 Å². The van der Waals surface area contributed by atoms with Crippen molar-refractivity contribution >= 4 is 0 Å². The molecule has 2 atom stereocenters. The first-order valence-electron chi connectivity index (χ1n) is 6.18. The van der Waals surface area contributed by atoms with Crippen LogP contribution in [0, 0.1) is 0 Å². The molecule has 0 aromatic heterocycles. The quantitative estimate of drug-likeness (QED) is 0.650. The van der Waals surface area contributed by atoms with Crippen molar-refractivity contribution in [1.29, 1.82) is 0 Å². The Bertz CT molecular complexity index is 191. The third kappa shape index (κ3) is 2.50. The molecule has 2 unspecified atom stereocenters. The molecule has 0 aromatic rings. The van der Waals surface area contributed by atoms with Gasteiger partial charge in [-0.3, -0.25) is 4.90 Å². The van der Waals surface area contributed by atoms with Gasteiger partial charge >= 0.3 is 0 Å². The van der Waals surface area contributed by atoms with E-state index in [2.05, 4.69) is 22.2 Å². The first-order chi connectivity index (χ1) is 7.33. The van der Waals surface area contributed by atoms with Gasteiger partial charge in [-0.25, -0.2) is 0 Å². The Morgan fingerprint density at radius 2 is 2.07 bits per heavy atom. The van der Waals surface area contributed by atoms with Crippen molar-refractivity contribution in [1.82, 2.24) is 15.1 Å². The van der Waals surface area contributed by atoms with E-state index < -0.39 is 0 Å². The largest absolute Gasteiger partial charge is 0.329 e. The highest BCUT2D eigenvalue weighted by molar-refractivity contribution is 4.91. The standard InChI is InChI=1S/C11H24N4/c1-14-6-2-3-10(14)11(9-12)15-7-4-13-5-8-15/h10-11,13H,2-9,12H2,1H3. The maximum Gasteiger partial charge on any atom is 0.0375 e. The molecule has 4 nitrogen and oxygen atoms in total. The number of hydrogen-bond acceptors (Lipinski definition) is 4. The molecule has 88 valence electrons. The van der Waals surface area contributed by atoms with E-state index in [9.17, 15) is 0 Å². The van der Waals surface area contributed by atoms with Crippen LogP contribution in [-0.2, 0) is 0 Å². The Morgan fingerprint density at radius 3 is 2.60 bits per heavy atom. The fourth-order valence-electron chi connectivity index (χ4n) is 2.99. The second-order valence-corrected chi connectivity index (χ2v) is 4.78. The van der Waals surface area contributed by atoms with E-state index >= 15 is 0 Å². The number of nitrogens with zero attached hydrogens (tertiary/aromatic N) is 2. The highest BCUT2D eigenvalue weighted by Crippen LogP contribution is 2.21. The predicted molar refractivity (Wildman–Crippen MR) is 62.9 cm³/mol. The molecule has 2 aliphatic heterocycles. The third-order valence-electron chi connectivity index (χ3n) is 3.88. The van der Waals surface area contributed by atoms with Crippen molar-refractivity contribution in [2.45, 2.75) is 24.9 Å². The molecule has 2 saturated heterocycles. The van der Waals surface area contributed by atoms with Crippen LogP contribution >= 0.6 is 0 Å². The molecule has 2 aliphatic rings. The molecule has 0 spiro atoms. The zero-order valence-corrected chi connectivity index (χ0v) is 9.78. The van der Waals surface area contributed by atoms with E-state index in [-0.39, 0.29) is 0 Å². The molecule has 0 amide bonds. The summed E-state index contributed by atoms with van der Waals surface area (Å²) < 4.78 is 0. The number of likely N-dealkylation sites (tertiary alicyclic amines) is 1. The van der Waals surface area contributed by atoms with Crippen molar-refractivity contribution in [3.05, 3.63) is 0 Å².